The highest BCUT2D eigenvalue weighted by molar-refractivity contribution is 7.92. The number of ether oxygens (including phenoxy) is 1. The molecule has 1 atom stereocenters. The Labute approximate surface area is 198 Å². The van der Waals surface area contributed by atoms with Gasteiger partial charge in [-0.25, -0.2) is 8.42 Å². The summed E-state index contributed by atoms with van der Waals surface area (Å²) in [6, 6.07) is 17.3. The minimum atomic E-state index is -3.82. The molecule has 0 saturated carbocycles. The van der Waals surface area contributed by atoms with E-state index in [4.69, 9.17) is 4.74 Å². The van der Waals surface area contributed by atoms with Crippen molar-refractivity contribution in [2.75, 3.05) is 37.6 Å². The van der Waals surface area contributed by atoms with E-state index in [2.05, 4.69) is 21.0 Å². The number of anilines is 1. The predicted octanol–water partition coefficient (Wildman–Crippen LogP) is 3.66. The minimum Gasteiger partial charge on any atom is -0.379 e. The van der Waals surface area contributed by atoms with E-state index in [1.807, 2.05) is 30.5 Å². The standard InChI is InChI=1S/C24H27N3O4S2/c1-18-7-9-20(10-8-18)26-33(29,30)21-5-2-4-19(16-21)24(28)25-17-22(23-6-3-15-32-23)27-11-13-31-14-12-27/h2-10,15-16,22,26H,11-14,17H2,1H3,(H,25,28)/t22-/m1/s1. The van der Waals surface area contributed by atoms with E-state index >= 15 is 0 Å². The molecule has 1 fully saturated rings. The van der Waals surface area contributed by atoms with Crippen molar-refractivity contribution in [2.45, 2.75) is 17.9 Å². The molecule has 0 unspecified atom stereocenters. The van der Waals surface area contributed by atoms with Gasteiger partial charge in [-0.05, 0) is 48.7 Å². The van der Waals surface area contributed by atoms with E-state index < -0.39 is 10.0 Å². The van der Waals surface area contributed by atoms with Gasteiger partial charge in [0, 0.05) is 35.8 Å². The van der Waals surface area contributed by atoms with Crippen molar-refractivity contribution in [1.82, 2.24) is 10.2 Å². The number of aryl methyl sites for hydroxylation is 1. The molecule has 9 heteroatoms. The number of carbonyl (C=O) groups excluding carboxylic acids is 1. The lowest BCUT2D eigenvalue weighted by molar-refractivity contribution is 0.0169. The second-order valence-corrected chi connectivity index (χ2v) is 10.6. The minimum absolute atomic E-state index is 0.0405. The number of morpholine rings is 1. The third kappa shape index (κ3) is 6.00. The molecule has 0 aliphatic carbocycles. The van der Waals surface area contributed by atoms with E-state index in [0.29, 0.717) is 31.0 Å². The Morgan fingerprint density at radius 2 is 1.85 bits per heavy atom. The van der Waals surface area contributed by atoms with Gasteiger partial charge in [0.25, 0.3) is 15.9 Å². The fourth-order valence-corrected chi connectivity index (χ4v) is 5.68. The van der Waals surface area contributed by atoms with E-state index in [-0.39, 0.29) is 16.8 Å². The SMILES string of the molecule is Cc1ccc(NS(=O)(=O)c2cccc(C(=O)NC[C@H](c3cccs3)N3CCOCC3)c2)cc1. The van der Waals surface area contributed by atoms with Crippen molar-refractivity contribution in [2.24, 2.45) is 0 Å². The molecule has 2 N–H and O–H groups in total. The van der Waals surface area contributed by atoms with Crippen molar-refractivity contribution in [1.29, 1.82) is 0 Å². The quantitative estimate of drug-likeness (QED) is 0.508. The number of thiophene rings is 1. The van der Waals surface area contributed by atoms with Crippen LogP contribution in [-0.2, 0) is 14.8 Å². The molecule has 0 spiro atoms. The third-order valence-corrected chi connectivity index (χ3v) is 7.88. The van der Waals surface area contributed by atoms with Gasteiger partial charge in [-0.3, -0.25) is 14.4 Å². The van der Waals surface area contributed by atoms with Gasteiger partial charge in [-0.1, -0.05) is 29.8 Å². The molecule has 1 aliphatic heterocycles. The number of carbonyl (C=O) groups is 1. The second-order valence-electron chi connectivity index (χ2n) is 7.89. The maximum Gasteiger partial charge on any atom is 0.261 e. The third-order valence-electron chi connectivity index (χ3n) is 5.52. The summed E-state index contributed by atoms with van der Waals surface area (Å²) in [6.45, 7) is 5.31. The Morgan fingerprint density at radius 1 is 1.09 bits per heavy atom. The number of rotatable bonds is 8. The first-order valence-corrected chi connectivity index (χ1v) is 13.1. The fraction of sp³-hybridized carbons (Fsp3) is 0.292. The fourth-order valence-electron chi connectivity index (χ4n) is 3.71. The average molecular weight is 486 g/mol. The Balaban J connectivity index is 1.46. The molecular weight excluding hydrogens is 458 g/mol. The summed E-state index contributed by atoms with van der Waals surface area (Å²) in [7, 11) is -3.82. The first-order chi connectivity index (χ1) is 15.9. The zero-order chi connectivity index (χ0) is 23.3. The topological polar surface area (TPSA) is 87.7 Å². The summed E-state index contributed by atoms with van der Waals surface area (Å²) >= 11 is 1.66. The number of nitrogens with zero attached hydrogens (tertiary/aromatic N) is 1. The van der Waals surface area contributed by atoms with Crippen LogP contribution < -0.4 is 10.0 Å². The van der Waals surface area contributed by atoms with Gasteiger partial charge in [0.15, 0.2) is 0 Å². The van der Waals surface area contributed by atoms with Gasteiger partial charge in [0.2, 0.25) is 0 Å². The van der Waals surface area contributed by atoms with Crippen molar-refractivity contribution in [3.63, 3.8) is 0 Å². The summed E-state index contributed by atoms with van der Waals surface area (Å²) in [5.41, 5.74) is 1.81. The van der Waals surface area contributed by atoms with Crippen molar-refractivity contribution >= 4 is 33.0 Å². The highest BCUT2D eigenvalue weighted by Gasteiger charge is 2.24. The second kappa shape index (κ2) is 10.5. The van der Waals surface area contributed by atoms with Gasteiger partial charge in [0.05, 0.1) is 24.2 Å². The van der Waals surface area contributed by atoms with Crippen LogP contribution in [-0.4, -0.2) is 52.1 Å². The van der Waals surface area contributed by atoms with Crippen LogP contribution in [0.3, 0.4) is 0 Å². The van der Waals surface area contributed by atoms with Crippen LogP contribution in [0.15, 0.2) is 70.9 Å². The molecule has 0 bridgehead atoms. The van der Waals surface area contributed by atoms with Crippen molar-refractivity contribution < 1.29 is 17.9 Å². The molecule has 2 aromatic carbocycles. The van der Waals surface area contributed by atoms with Crippen LogP contribution in [0.4, 0.5) is 5.69 Å². The predicted molar refractivity (Wildman–Crippen MR) is 130 cm³/mol. The Kier molecular flexibility index (Phi) is 7.44. The molecule has 1 amide bonds. The van der Waals surface area contributed by atoms with Crippen LogP contribution in [0.2, 0.25) is 0 Å². The highest BCUT2D eigenvalue weighted by atomic mass is 32.2. The number of nitrogens with one attached hydrogen (secondary N) is 2. The van der Waals surface area contributed by atoms with E-state index in [9.17, 15) is 13.2 Å². The molecule has 33 heavy (non-hydrogen) atoms. The molecular formula is C24H27N3O4S2. The number of benzene rings is 2. The molecule has 1 aliphatic rings. The summed E-state index contributed by atoms with van der Waals surface area (Å²) in [5.74, 6) is -0.308. The molecule has 174 valence electrons. The summed E-state index contributed by atoms with van der Waals surface area (Å²) in [6.07, 6.45) is 0. The molecule has 3 aromatic rings. The zero-order valence-corrected chi connectivity index (χ0v) is 20.0. The number of hydrogen-bond donors (Lipinski definition) is 2. The van der Waals surface area contributed by atoms with Crippen LogP contribution in [0.25, 0.3) is 0 Å². The monoisotopic (exact) mass is 485 g/mol. The Morgan fingerprint density at radius 3 is 2.55 bits per heavy atom. The molecule has 2 heterocycles. The van der Waals surface area contributed by atoms with Gasteiger partial charge >= 0.3 is 0 Å². The molecule has 1 aromatic heterocycles. The normalized spacial score (nSPS) is 15.7. The van der Waals surface area contributed by atoms with Crippen molar-refractivity contribution in [3.05, 3.63) is 82.0 Å². The maximum atomic E-state index is 12.9. The molecule has 0 radical (unpaired) electrons. The Hall–Kier alpha value is -2.72. The van der Waals surface area contributed by atoms with E-state index in [1.54, 1.807) is 35.6 Å². The van der Waals surface area contributed by atoms with Crippen LogP contribution in [0.5, 0.6) is 0 Å². The van der Waals surface area contributed by atoms with E-state index in [1.165, 1.54) is 17.0 Å². The molecule has 7 nitrogen and oxygen atoms in total. The van der Waals surface area contributed by atoms with E-state index in [0.717, 1.165) is 18.7 Å². The lowest BCUT2D eigenvalue weighted by Gasteiger charge is -2.34. The number of sulfonamides is 1. The number of amides is 1. The lowest BCUT2D eigenvalue weighted by atomic mass is 10.1. The lowest BCUT2D eigenvalue weighted by Crippen LogP contribution is -2.43. The number of hydrogen-bond acceptors (Lipinski definition) is 6. The van der Waals surface area contributed by atoms with Gasteiger partial charge in [0.1, 0.15) is 0 Å². The smallest absolute Gasteiger partial charge is 0.261 e. The maximum absolute atomic E-state index is 12.9. The first-order valence-electron chi connectivity index (χ1n) is 10.8. The van der Waals surface area contributed by atoms with Gasteiger partial charge in [-0.15, -0.1) is 11.3 Å². The largest absolute Gasteiger partial charge is 0.379 e. The van der Waals surface area contributed by atoms with Gasteiger partial charge in [-0.2, -0.15) is 0 Å². The highest BCUT2D eigenvalue weighted by Crippen LogP contribution is 2.25. The van der Waals surface area contributed by atoms with Crippen molar-refractivity contribution in [3.8, 4) is 0 Å². The zero-order valence-electron chi connectivity index (χ0n) is 18.4. The summed E-state index contributed by atoms with van der Waals surface area (Å²) < 4.78 is 33.7. The molecule has 1 saturated heterocycles. The first kappa shape index (κ1) is 23.4. The van der Waals surface area contributed by atoms with Crippen LogP contribution in [0, 0.1) is 6.92 Å². The van der Waals surface area contributed by atoms with Gasteiger partial charge < -0.3 is 10.1 Å². The Bertz CT molecular complexity index is 1170. The van der Waals surface area contributed by atoms with Crippen LogP contribution in [0.1, 0.15) is 26.8 Å². The summed E-state index contributed by atoms with van der Waals surface area (Å²) in [5, 5.41) is 5.02. The average Bonchev–Trinajstić information content (AvgIpc) is 3.36. The van der Waals surface area contributed by atoms with Crippen LogP contribution >= 0.6 is 11.3 Å². The summed E-state index contributed by atoms with van der Waals surface area (Å²) in [4.78, 5) is 16.4. The molecule has 4 rings (SSSR count).